The van der Waals surface area contributed by atoms with E-state index < -0.39 is 0 Å². The molecule has 1 atom stereocenters. The van der Waals surface area contributed by atoms with Crippen molar-refractivity contribution >= 4 is 5.91 Å². The van der Waals surface area contributed by atoms with Gasteiger partial charge in [0.15, 0.2) is 0 Å². The van der Waals surface area contributed by atoms with Gasteiger partial charge in [-0.3, -0.25) is 4.79 Å². The standard InChI is InChI=1S/C20H23NO4/c1-20(2)12-17(16-11-15(24-4)9-10-18(16)25-20)21-19(22)13-5-7-14(23-3)8-6-13/h5-11,17H,12H2,1-4H3,(H,21,22)/t17-/m0/s1. The molecule has 0 aliphatic carbocycles. The van der Waals surface area contributed by atoms with Gasteiger partial charge in [0.2, 0.25) is 0 Å². The Labute approximate surface area is 147 Å². The number of hydrogen-bond acceptors (Lipinski definition) is 4. The molecule has 1 N–H and O–H groups in total. The summed E-state index contributed by atoms with van der Waals surface area (Å²) < 4.78 is 16.5. The summed E-state index contributed by atoms with van der Waals surface area (Å²) in [4.78, 5) is 12.7. The van der Waals surface area contributed by atoms with Crippen molar-refractivity contribution in [2.75, 3.05) is 14.2 Å². The molecular formula is C20H23NO4. The number of methoxy groups -OCH3 is 2. The third kappa shape index (κ3) is 3.71. The van der Waals surface area contributed by atoms with Crippen molar-refractivity contribution < 1.29 is 19.0 Å². The number of amides is 1. The van der Waals surface area contributed by atoms with Crippen LogP contribution in [0.1, 0.15) is 42.2 Å². The van der Waals surface area contributed by atoms with Crippen LogP contribution < -0.4 is 19.5 Å². The molecular weight excluding hydrogens is 318 g/mol. The molecule has 1 aliphatic heterocycles. The zero-order valence-corrected chi connectivity index (χ0v) is 15.0. The van der Waals surface area contributed by atoms with Crippen molar-refractivity contribution in [2.45, 2.75) is 31.9 Å². The quantitative estimate of drug-likeness (QED) is 0.920. The van der Waals surface area contributed by atoms with Crippen molar-refractivity contribution in [3.05, 3.63) is 53.6 Å². The second kappa shape index (κ2) is 6.67. The van der Waals surface area contributed by atoms with E-state index >= 15 is 0 Å². The van der Waals surface area contributed by atoms with Crippen molar-refractivity contribution in [3.63, 3.8) is 0 Å². The smallest absolute Gasteiger partial charge is 0.251 e. The summed E-state index contributed by atoms with van der Waals surface area (Å²) in [5, 5.41) is 3.12. The monoisotopic (exact) mass is 341 g/mol. The lowest BCUT2D eigenvalue weighted by molar-refractivity contribution is 0.0618. The molecule has 0 aromatic heterocycles. The average molecular weight is 341 g/mol. The van der Waals surface area contributed by atoms with Gasteiger partial charge in [0.1, 0.15) is 22.8 Å². The molecule has 1 aliphatic rings. The second-order valence-electron chi connectivity index (χ2n) is 6.72. The van der Waals surface area contributed by atoms with E-state index in [0.717, 1.165) is 22.8 Å². The van der Waals surface area contributed by atoms with Gasteiger partial charge < -0.3 is 19.5 Å². The molecule has 0 spiro atoms. The molecule has 2 aromatic rings. The van der Waals surface area contributed by atoms with E-state index in [-0.39, 0.29) is 17.6 Å². The number of hydrogen-bond donors (Lipinski definition) is 1. The number of carbonyl (C=O) groups excluding carboxylic acids is 1. The number of carbonyl (C=O) groups is 1. The van der Waals surface area contributed by atoms with E-state index in [4.69, 9.17) is 14.2 Å². The molecule has 25 heavy (non-hydrogen) atoms. The normalized spacial score (nSPS) is 17.8. The van der Waals surface area contributed by atoms with Crippen molar-refractivity contribution in [2.24, 2.45) is 0 Å². The van der Waals surface area contributed by atoms with Crippen molar-refractivity contribution in [1.29, 1.82) is 0 Å². The van der Waals surface area contributed by atoms with Crippen LogP contribution in [0.4, 0.5) is 0 Å². The second-order valence-corrected chi connectivity index (χ2v) is 6.72. The van der Waals surface area contributed by atoms with Crippen LogP contribution in [0.25, 0.3) is 0 Å². The molecule has 0 unspecified atom stereocenters. The van der Waals surface area contributed by atoms with Gasteiger partial charge in [-0.25, -0.2) is 0 Å². The van der Waals surface area contributed by atoms with E-state index in [1.165, 1.54) is 0 Å². The minimum absolute atomic E-state index is 0.126. The summed E-state index contributed by atoms with van der Waals surface area (Å²) in [6.45, 7) is 4.04. The Morgan fingerprint density at radius 2 is 1.72 bits per heavy atom. The first-order chi connectivity index (χ1) is 11.9. The van der Waals surface area contributed by atoms with Gasteiger partial charge in [-0.1, -0.05) is 0 Å². The SMILES string of the molecule is COc1ccc(C(=O)N[C@H]2CC(C)(C)Oc3ccc(OC)cc32)cc1. The third-order valence-corrected chi connectivity index (χ3v) is 4.33. The van der Waals surface area contributed by atoms with Gasteiger partial charge in [0.25, 0.3) is 5.91 Å². The average Bonchev–Trinajstić information content (AvgIpc) is 2.60. The largest absolute Gasteiger partial charge is 0.497 e. The fraction of sp³-hybridized carbons (Fsp3) is 0.350. The summed E-state index contributed by atoms with van der Waals surface area (Å²) in [6, 6.07) is 12.6. The molecule has 5 nitrogen and oxygen atoms in total. The van der Waals surface area contributed by atoms with Gasteiger partial charge in [-0.15, -0.1) is 0 Å². The Kier molecular flexibility index (Phi) is 4.57. The fourth-order valence-corrected chi connectivity index (χ4v) is 3.07. The van der Waals surface area contributed by atoms with Crippen molar-refractivity contribution in [3.8, 4) is 17.2 Å². The lowest BCUT2D eigenvalue weighted by Crippen LogP contribution is -2.41. The molecule has 5 heteroatoms. The summed E-state index contributed by atoms with van der Waals surface area (Å²) in [5.41, 5.74) is 1.16. The summed E-state index contributed by atoms with van der Waals surface area (Å²) >= 11 is 0. The lowest BCUT2D eigenvalue weighted by Gasteiger charge is -2.38. The summed E-state index contributed by atoms with van der Waals surface area (Å²) in [5.74, 6) is 2.11. The Balaban J connectivity index is 1.86. The van der Waals surface area contributed by atoms with Crippen LogP contribution in [0.5, 0.6) is 17.2 Å². The maximum atomic E-state index is 12.7. The maximum absolute atomic E-state index is 12.7. The zero-order chi connectivity index (χ0) is 18.0. The Morgan fingerprint density at radius 3 is 2.36 bits per heavy atom. The van der Waals surface area contributed by atoms with Gasteiger partial charge in [0, 0.05) is 17.5 Å². The van der Waals surface area contributed by atoms with Gasteiger partial charge in [0.05, 0.1) is 20.3 Å². The van der Waals surface area contributed by atoms with Crippen LogP contribution in [-0.4, -0.2) is 25.7 Å². The number of nitrogens with one attached hydrogen (secondary N) is 1. The van der Waals surface area contributed by atoms with Crippen LogP contribution in [0.15, 0.2) is 42.5 Å². The Bertz CT molecular complexity index is 768. The van der Waals surface area contributed by atoms with Gasteiger partial charge in [-0.05, 0) is 56.3 Å². The predicted molar refractivity (Wildman–Crippen MR) is 95.5 cm³/mol. The molecule has 0 saturated heterocycles. The van der Waals surface area contributed by atoms with E-state index in [1.54, 1.807) is 38.5 Å². The topological polar surface area (TPSA) is 56.8 Å². The highest BCUT2D eigenvalue weighted by Crippen LogP contribution is 2.41. The number of benzene rings is 2. The molecule has 2 aromatic carbocycles. The highest BCUT2D eigenvalue weighted by molar-refractivity contribution is 5.94. The van der Waals surface area contributed by atoms with Crippen LogP contribution in [0, 0.1) is 0 Å². The van der Waals surface area contributed by atoms with Crippen LogP contribution in [0.3, 0.4) is 0 Å². The molecule has 132 valence electrons. The van der Waals surface area contributed by atoms with E-state index in [2.05, 4.69) is 5.32 Å². The first-order valence-corrected chi connectivity index (χ1v) is 8.24. The minimum atomic E-state index is -0.362. The summed E-state index contributed by atoms with van der Waals surface area (Å²) in [6.07, 6.45) is 0.676. The molecule has 0 bridgehead atoms. The van der Waals surface area contributed by atoms with Crippen LogP contribution >= 0.6 is 0 Å². The highest BCUT2D eigenvalue weighted by atomic mass is 16.5. The van der Waals surface area contributed by atoms with E-state index in [1.807, 2.05) is 32.0 Å². The minimum Gasteiger partial charge on any atom is -0.497 e. The number of ether oxygens (including phenoxy) is 3. The molecule has 0 fully saturated rings. The van der Waals surface area contributed by atoms with E-state index in [0.29, 0.717) is 12.0 Å². The summed E-state index contributed by atoms with van der Waals surface area (Å²) in [7, 11) is 3.23. The van der Waals surface area contributed by atoms with Gasteiger partial charge >= 0.3 is 0 Å². The molecule has 1 heterocycles. The molecule has 0 saturated carbocycles. The zero-order valence-electron chi connectivity index (χ0n) is 15.0. The molecule has 1 amide bonds. The third-order valence-electron chi connectivity index (χ3n) is 4.33. The first kappa shape index (κ1) is 17.1. The van der Waals surface area contributed by atoms with Crippen LogP contribution in [-0.2, 0) is 0 Å². The first-order valence-electron chi connectivity index (χ1n) is 8.24. The highest BCUT2D eigenvalue weighted by Gasteiger charge is 2.35. The van der Waals surface area contributed by atoms with E-state index in [9.17, 15) is 4.79 Å². The van der Waals surface area contributed by atoms with Crippen LogP contribution in [0.2, 0.25) is 0 Å². The molecule has 0 radical (unpaired) electrons. The number of rotatable bonds is 4. The lowest BCUT2D eigenvalue weighted by atomic mass is 9.89. The Hall–Kier alpha value is -2.69. The number of fused-ring (bicyclic) bond motifs is 1. The van der Waals surface area contributed by atoms with Crippen molar-refractivity contribution in [1.82, 2.24) is 5.32 Å². The maximum Gasteiger partial charge on any atom is 0.251 e. The fourth-order valence-electron chi connectivity index (χ4n) is 3.07. The Morgan fingerprint density at radius 1 is 1.08 bits per heavy atom. The molecule has 3 rings (SSSR count). The predicted octanol–water partition coefficient (Wildman–Crippen LogP) is 3.74. The van der Waals surface area contributed by atoms with Gasteiger partial charge in [-0.2, -0.15) is 0 Å².